The SMILES string of the molecule is C/C=C\c1c(N)c(Cl)cc(C(=O)O)c1OC. The summed E-state index contributed by atoms with van der Waals surface area (Å²) in [4.78, 5) is 11.0. The van der Waals surface area contributed by atoms with Crippen LogP contribution in [0.25, 0.3) is 6.08 Å². The van der Waals surface area contributed by atoms with E-state index < -0.39 is 5.97 Å². The topological polar surface area (TPSA) is 72.6 Å². The highest BCUT2D eigenvalue weighted by Gasteiger charge is 2.18. The lowest BCUT2D eigenvalue weighted by atomic mass is 10.1. The fraction of sp³-hybridized carbons (Fsp3) is 0.182. The molecule has 0 aromatic heterocycles. The van der Waals surface area contributed by atoms with Crippen molar-refractivity contribution in [3.8, 4) is 5.75 Å². The molecule has 0 heterocycles. The van der Waals surface area contributed by atoms with E-state index in [2.05, 4.69) is 0 Å². The highest BCUT2D eigenvalue weighted by molar-refractivity contribution is 6.34. The third kappa shape index (κ3) is 2.12. The minimum absolute atomic E-state index is 0.00481. The molecule has 0 spiro atoms. The van der Waals surface area contributed by atoms with Gasteiger partial charge in [-0.1, -0.05) is 23.8 Å². The molecule has 3 N–H and O–H groups in total. The maximum absolute atomic E-state index is 11.0. The van der Waals surface area contributed by atoms with E-state index in [4.69, 9.17) is 27.2 Å². The third-order valence-electron chi connectivity index (χ3n) is 2.08. The maximum atomic E-state index is 11.0. The lowest BCUT2D eigenvalue weighted by Crippen LogP contribution is -2.05. The monoisotopic (exact) mass is 241 g/mol. The van der Waals surface area contributed by atoms with Gasteiger partial charge in [-0.15, -0.1) is 0 Å². The number of nitrogens with two attached hydrogens (primary N) is 1. The summed E-state index contributed by atoms with van der Waals surface area (Å²) in [5.74, 6) is -0.892. The maximum Gasteiger partial charge on any atom is 0.339 e. The van der Waals surface area contributed by atoms with Crippen molar-refractivity contribution in [2.45, 2.75) is 6.92 Å². The lowest BCUT2D eigenvalue weighted by molar-refractivity contribution is 0.0693. The molecule has 0 aliphatic heterocycles. The second kappa shape index (κ2) is 4.90. The van der Waals surface area contributed by atoms with Gasteiger partial charge in [0.05, 0.1) is 17.8 Å². The second-order valence-electron chi connectivity index (χ2n) is 3.07. The molecule has 1 aromatic carbocycles. The van der Waals surface area contributed by atoms with Crippen LogP contribution >= 0.6 is 11.6 Å². The Morgan fingerprint density at radius 3 is 2.69 bits per heavy atom. The molecule has 0 amide bonds. The Bertz CT molecular complexity index is 455. The van der Waals surface area contributed by atoms with Crippen LogP contribution in [0.4, 0.5) is 5.69 Å². The van der Waals surface area contributed by atoms with Crippen LogP contribution in [0.1, 0.15) is 22.8 Å². The van der Waals surface area contributed by atoms with E-state index in [1.165, 1.54) is 13.2 Å². The Kier molecular flexibility index (Phi) is 3.79. The number of carboxylic acids is 1. The van der Waals surface area contributed by atoms with Crippen LogP contribution in [0.3, 0.4) is 0 Å². The van der Waals surface area contributed by atoms with Crippen LogP contribution in [0.2, 0.25) is 5.02 Å². The predicted molar refractivity (Wildman–Crippen MR) is 64.1 cm³/mol. The van der Waals surface area contributed by atoms with Gasteiger partial charge in [-0.05, 0) is 13.0 Å². The molecule has 86 valence electrons. The van der Waals surface area contributed by atoms with Crippen LogP contribution in [0.15, 0.2) is 12.1 Å². The summed E-state index contributed by atoms with van der Waals surface area (Å²) in [6.07, 6.45) is 3.39. The Labute approximate surface area is 98.3 Å². The number of aromatic carboxylic acids is 1. The van der Waals surface area contributed by atoms with Crippen LogP contribution in [0, 0.1) is 0 Å². The Morgan fingerprint density at radius 1 is 1.62 bits per heavy atom. The summed E-state index contributed by atoms with van der Waals surface area (Å²) < 4.78 is 5.06. The van der Waals surface area contributed by atoms with Crippen LogP contribution in [0.5, 0.6) is 5.75 Å². The standard InChI is InChI=1S/C11H12ClNO3/c1-3-4-6-9(13)8(12)5-7(11(14)15)10(6)16-2/h3-5H,13H2,1-2H3,(H,14,15)/b4-3-. The number of carbonyl (C=O) groups is 1. The molecular formula is C11H12ClNO3. The molecule has 0 saturated carbocycles. The first-order valence-electron chi connectivity index (χ1n) is 4.54. The van der Waals surface area contributed by atoms with Gasteiger partial charge in [0, 0.05) is 5.56 Å². The highest BCUT2D eigenvalue weighted by Crippen LogP contribution is 2.35. The average molecular weight is 242 g/mol. The molecule has 0 atom stereocenters. The number of hydrogen-bond donors (Lipinski definition) is 2. The van der Waals surface area contributed by atoms with E-state index in [1.54, 1.807) is 19.1 Å². The fourth-order valence-corrected chi connectivity index (χ4v) is 1.59. The van der Waals surface area contributed by atoms with Gasteiger partial charge >= 0.3 is 5.97 Å². The second-order valence-corrected chi connectivity index (χ2v) is 3.48. The number of rotatable bonds is 3. The van der Waals surface area contributed by atoms with Gasteiger partial charge in [-0.3, -0.25) is 0 Å². The molecule has 0 aliphatic rings. The number of benzene rings is 1. The molecule has 0 aliphatic carbocycles. The summed E-state index contributed by atoms with van der Waals surface area (Å²) in [7, 11) is 1.39. The molecule has 4 nitrogen and oxygen atoms in total. The molecule has 0 radical (unpaired) electrons. The molecule has 1 aromatic rings. The van der Waals surface area contributed by atoms with Crippen molar-refractivity contribution in [3.63, 3.8) is 0 Å². The first-order chi connectivity index (χ1) is 7.52. The van der Waals surface area contributed by atoms with Gasteiger partial charge < -0.3 is 15.6 Å². The molecule has 16 heavy (non-hydrogen) atoms. The quantitative estimate of drug-likeness (QED) is 0.798. The van der Waals surface area contributed by atoms with Gasteiger partial charge in [-0.25, -0.2) is 4.79 Å². The van der Waals surface area contributed by atoms with Crippen LogP contribution in [-0.4, -0.2) is 18.2 Å². The van der Waals surface area contributed by atoms with Gasteiger partial charge in [0.25, 0.3) is 0 Å². The minimum Gasteiger partial charge on any atom is -0.495 e. The summed E-state index contributed by atoms with van der Waals surface area (Å²) in [5.41, 5.74) is 6.54. The number of nitrogen functional groups attached to an aromatic ring is 1. The Morgan fingerprint density at radius 2 is 2.25 bits per heavy atom. The smallest absolute Gasteiger partial charge is 0.339 e. The Balaban J connectivity index is 3.61. The molecule has 0 unspecified atom stereocenters. The summed E-state index contributed by atoms with van der Waals surface area (Å²) in [5, 5.41) is 9.20. The number of methoxy groups -OCH3 is 1. The highest BCUT2D eigenvalue weighted by atomic mass is 35.5. The number of carboxylic acid groups (broad SMARTS) is 1. The van der Waals surface area contributed by atoms with Crippen molar-refractivity contribution < 1.29 is 14.6 Å². The zero-order chi connectivity index (χ0) is 12.3. The van der Waals surface area contributed by atoms with E-state index in [0.717, 1.165) is 0 Å². The molecular weight excluding hydrogens is 230 g/mol. The van der Waals surface area contributed by atoms with Gasteiger partial charge in [0.15, 0.2) is 0 Å². The van der Waals surface area contributed by atoms with Crippen molar-refractivity contribution in [2.24, 2.45) is 0 Å². The van der Waals surface area contributed by atoms with Crippen molar-refractivity contribution in [2.75, 3.05) is 12.8 Å². The fourth-order valence-electron chi connectivity index (χ4n) is 1.38. The van der Waals surface area contributed by atoms with E-state index in [-0.39, 0.29) is 16.3 Å². The van der Waals surface area contributed by atoms with Crippen LogP contribution in [-0.2, 0) is 0 Å². The van der Waals surface area contributed by atoms with Gasteiger partial charge in [-0.2, -0.15) is 0 Å². The van der Waals surface area contributed by atoms with E-state index in [9.17, 15) is 4.79 Å². The first-order valence-corrected chi connectivity index (χ1v) is 4.92. The number of hydrogen-bond acceptors (Lipinski definition) is 3. The lowest BCUT2D eigenvalue weighted by Gasteiger charge is -2.12. The molecule has 1 rings (SSSR count). The number of allylic oxidation sites excluding steroid dienone is 1. The first kappa shape index (κ1) is 12.4. The molecule has 5 heteroatoms. The van der Waals surface area contributed by atoms with Crippen molar-refractivity contribution in [3.05, 3.63) is 28.3 Å². The predicted octanol–water partition coefficient (Wildman–Crippen LogP) is 2.66. The Hall–Kier alpha value is -1.68. The summed E-state index contributed by atoms with van der Waals surface area (Å²) in [6.45, 7) is 1.79. The largest absolute Gasteiger partial charge is 0.495 e. The number of ether oxygens (including phenoxy) is 1. The van der Waals surface area contributed by atoms with Gasteiger partial charge in [0.2, 0.25) is 0 Å². The van der Waals surface area contributed by atoms with E-state index >= 15 is 0 Å². The van der Waals surface area contributed by atoms with Gasteiger partial charge in [0.1, 0.15) is 11.3 Å². The number of halogens is 1. The molecule has 0 saturated heterocycles. The average Bonchev–Trinajstić information content (AvgIpc) is 2.24. The van der Waals surface area contributed by atoms with E-state index in [1.807, 2.05) is 0 Å². The van der Waals surface area contributed by atoms with Crippen molar-refractivity contribution in [1.29, 1.82) is 0 Å². The number of anilines is 1. The zero-order valence-electron chi connectivity index (χ0n) is 8.95. The minimum atomic E-state index is -1.11. The van der Waals surface area contributed by atoms with Crippen LogP contribution < -0.4 is 10.5 Å². The summed E-state index contributed by atoms with van der Waals surface area (Å²) >= 11 is 5.85. The normalized spacial score (nSPS) is 10.7. The summed E-state index contributed by atoms with van der Waals surface area (Å²) in [6, 6.07) is 1.28. The molecule has 0 bridgehead atoms. The molecule has 0 fully saturated rings. The van der Waals surface area contributed by atoms with E-state index in [0.29, 0.717) is 11.3 Å². The third-order valence-corrected chi connectivity index (χ3v) is 2.39. The zero-order valence-corrected chi connectivity index (χ0v) is 9.71. The van der Waals surface area contributed by atoms with Crippen molar-refractivity contribution >= 4 is 29.3 Å². The van der Waals surface area contributed by atoms with Crippen molar-refractivity contribution in [1.82, 2.24) is 0 Å².